The Balaban J connectivity index is 1.84. The topological polar surface area (TPSA) is 108 Å². The number of nitro groups is 1. The molecule has 1 aromatic heterocycles. The number of benzene rings is 2. The van der Waals surface area contributed by atoms with E-state index < -0.39 is 16.8 Å². The highest BCUT2D eigenvalue weighted by atomic mass is 79.9. The fraction of sp³-hybridized carbons (Fsp3) is 0.280. The van der Waals surface area contributed by atoms with Gasteiger partial charge in [-0.15, -0.1) is 11.3 Å². The Morgan fingerprint density at radius 3 is 2.43 bits per heavy atom. The summed E-state index contributed by atoms with van der Waals surface area (Å²) in [6, 6.07) is 11.6. The maximum atomic E-state index is 12.8. The summed E-state index contributed by atoms with van der Waals surface area (Å²) >= 11 is 4.70. The molecule has 1 amide bonds. The number of carbonyl (C=O) groups excluding carboxylic acids is 2. The molecule has 0 aliphatic carbocycles. The van der Waals surface area contributed by atoms with Crippen LogP contribution in [0.3, 0.4) is 0 Å². The number of ether oxygens (including phenoxy) is 2. The molecule has 0 aliphatic rings. The van der Waals surface area contributed by atoms with E-state index in [-0.39, 0.29) is 24.5 Å². The number of esters is 1. The first-order valence-corrected chi connectivity index (χ1v) is 12.5. The number of hydrogen-bond donors (Lipinski definition) is 1. The van der Waals surface area contributed by atoms with Crippen molar-refractivity contribution in [1.82, 2.24) is 0 Å². The molecule has 0 saturated carbocycles. The molecule has 1 N–H and O–H groups in total. The van der Waals surface area contributed by atoms with Gasteiger partial charge in [0.2, 0.25) is 0 Å². The van der Waals surface area contributed by atoms with Gasteiger partial charge in [0.15, 0.2) is 6.61 Å². The van der Waals surface area contributed by atoms with Gasteiger partial charge >= 0.3 is 5.97 Å². The van der Waals surface area contributed by atoms with Gasteiger partial charge in [0.05, 0.1) is 16.0 Å². The number of nitro benzene ring substituents is 1. The maximum Gasteiger partial charge on any atom is 0.341 e. The Labute approximate surface area is 215 Å². The highest BCUT2D eigenvalue weighted by molar-refractivity contribution is 9.10. The van der Waals surface area contributed by atoms with Crippen LogP contribution in [0.2, 0.25) is 0 Å². The normalized spacial score (nSPS) is 10.8. The molecule has 0 saturated heterocycles. The Morgan fingerprint density at radius 2 is 1.86 bits per heavy atom. The van der Waals surface area contributed by atoms with Crippen LogP contribution < -0.4 is 10.1 Å². The number of thiophene rings is 1. The molecule has 0 radical (unpaired) electrons. The molecular formula is C25H25BrN2O6S. The molecule has 0 atom stereocenters. The zero-order chi connectivity index (χ0) is 25.7. The first-order chi connectivity index (χ1) is 16.6. The van der Waals surface area contributed by atoms with Crippen LogP contribution in [0.5, 0.6) is 5.75 Å². The van der Waals surface area contributed by atoms with Crippen LogP contribution in [-0.4, -0.2) is 30.0 Å². The molecule has 0 unspecified atom stereocenters. The van der Waals surface area contributed by atoms with Crippen molar-refractivity contribution < 1.29 is 24.0 Å². The summed E-state index contributed by atoms with van der Waals surface area (Å²) in [5.41, 5.74) is 2.46. The summed E-state index contributed by atoms with van der Waals surface area (Å²) < 4.78 is 11.7. The molecule has 3 aromatic rings. The van der Waals surface area contributed by atoms with Crippen LogP contribution in [0.4, 0.5) is 10.7 Å². The van der Waals surface area contributed by atoms with Crippen molar-refractivity contribution in [2.24, 2.45) is 0 Å². The third-order valence-corrected chi connectivity index (χ3v) is 6.81. The van der Waals surface area contributed by atoms with E-state index in [2.05, 4.69) is 35.1 Å². The van der Waals surface area contributed by atoms with Gasteiger partial charge in [-0.05, 0) is 71.1 Å². The van der Waals surface area contributed by atoms with Gasteiger partial charge in [-0.2, -0.15) is 0 Å². The van der Waals surface area contributed by atoms with Gasteiger partial charge < -0.3 is 14.8 Å². The van der Waals surface area contributed by atoms with Crippen molar-refractivity contribution in [3.8, 4) is 16.9 Å². The Kier molecular flexibility index (Phi) is 8.63. The van der Waals surface area contributed by atoms with Crippen LogP contribution in [0.15, 0.2) is 46.9 Å². The Hall–Kier alpha value is -3.24. The number of anilines is 1. The van der Waals surface area contributed by atoms with E-state index in [1.807, 2.05) is 19.1 Å². The second-order valence-electron chi connectivity index (χ2n) is 7.94. The van der Waals surface area contributed by atoms with Crippen LogP contribution >= 0.6 is 27.3 Å². The average Bonchev–Trinajstić information content (AvgIpc) is 3.13. The van der Waals surface area contributed by atoms with E-state index in [9.17, 15) is 19.7 Å². The summed E-state index contributed by atoms with van der Waals surface area (Å²) in [5.74, 6) is -0.138. The number of amides is 1. The lowest BCUT2D eigenvalue weighted by Crippen LogP contribution is -2.21. The molecule has 10 heteroatoms. The quantitative estimate of drug-likeness (QED) is 0.177. The van der Waals surface area contributed by atoms with Crippen molar-refractivity contribution in [3.05, 3.63) is 73.1 Å². The SMILES string of the molecule is CCOC(=O)c1c(NC(=O)COc2ccc(C(C)C)cc2Br)sc(C)c1-c1ccc([N+](=O)[O-])cc1. The van der Waals surface area contributed by atoms with Crippen molar-refractivity contribution in [2.75, 3.05) is 18.5 Å². The van der Waals surface area contributed by atoms with Crippen molar-refractivity contribution >= 4 is 49.8 Å². The molecule has 0 spiro atoms. The first kappa shape index (κ1) is 26.4. The smallest absolute Gasteiger partial charge is 0.341 e. The van der Waals surface area contributed by atoms with Crippen molar-refractivity contribution in [2.45, 2.75) is 33.6 Å². The zero-order valence-corrected chi connectivity index (χ0v) is 22.1. The van der Waals surface area contributed by atoms with Crippen LogP contribution in [0.1, 0.15) is 47.5 Å². The molecule has 2 aromatic carbocycles. The second-order valence-corrected chi connectivity index (χ2v) is 10.0. The van der Waals surface area contributed by atoms with E-state index in [4.69, 9.17) is 9.47 Å². The van der Waals surface area contributed by atoms with Crippen molar-refractivity contribution in [3.63, 3.8) is 0 Å². The standard InChI is InChI=1S/C25H25BrN2O6S/c1-5-33-25(30)23-22(16-6-9-18(10-7-16)28(31)32)15(4)35-24(23)27-21(29)13-34-20-11-8-17(14(2)3)12-19(20)26/h6-12,14H,5,13H2,1-4H3,(H,27,29). The van der Waals surface area contributed by atoms with E-state index in [0.29, 0.717) is 27.8 Å². The van der Waals surface area contributed by atoms with E-state index in [1.54, 1.807) is 25.1 Å². The zero-order valence-electron chi connectivity index (χ0n) is 19.7. The number of nitrogens with one attached hydrogen (secondary N) is 1. The third-order valence-electron chi connectivity index (χ3n) is 5.16. The van der Waals surface area contributed by atoms with Gasteiger partial charge in [-0.25, -0.2) is 4.79 Å². The number of nitrogens with zero attached hydrogens (tertiary/aromatic N) is 1. The van der Waals surface area contributed by atoms with Gasteiger partial charge in [-0.1, -0.05) is 19.9 Å². The van der Waals surface area contributed by atoms with Gasteiger partial charge in [-0.3, -0.25) is 14.9 Å². The van der Waals surface area contributed by atoms with E-state index in [1.165, 1.54) is 23.5 Å². The van der Waals surface area contributed by atoms with Crippen LogP contribution in [-0.2, 0) is 9.53 Å². The van der Waals surface area contributed by atoms with Gasteiger partial charge in [0, 0.05) is 22.6 Å². The van der Waals surface area contributed by atoms with E-state index in [0.717, 1.165) is 14.9 Å². The summed E-state index contributed by atoms with van der Waals surface area (Å²) in [6.07, 6.45) is 0. The Morgan fingerprint density at radius 1 is 1.17 bits per heavy atom. The molecule has 0 aliphatic heterocycles. The highest BCUT2D eigenvalue weighted by Gasteiger charge is 2.26. The molecular weight excluding hydrogens is 536 g/mol. The summed E-state index contributed by atoms with van der Waals surface area (Å²) in [7, 11) is 0. The second kappa shape index (κ2) is 11.5. The number of carbonyl (C=O) groups is 2. The minimum atomic E-state index is -0.589. The molecule has 184 valence electrons. The molecule has 1 heterocycles. The minimum Gasteiger partial charge on any atom is -0.483 e. The molecule has 35 heavy (non-hydrogen) atoms. The lowest BCUT2D eigenvalue weighted by molar-refractivity contribution is -0.384. The fourth-order valence-electron chi connectivity index (χ4n) is 3.43. The third kappa shape index (κ3) is 6.26. The summed E-state index contributed by atoms with van der Waals surface area (Å²) in [6.45, 7) is 7.58. The maximum absolute atomic E-state index is 12.8. The largest absolute Gasteiger partial charge is 0.483 e. The Bertz CT molecular complexity index is 1250. The van der Waals surface area contributed by atoms with Crippen LogP contribution in [0.25, 0.3) is 11.1 Å². The molecule has 0 bridgehead atoms. The van der Waals surface area contributed by atoms with E-state index >= 15 is 0 Å². The van der Waals surface area contributed by atoms with Gasteiger partial charge in [0.1, 0.15) is 16.3 Å². The highest BCUT2D eigenvalue weighted by Crippen LogP contribution is 2.41. The predicted octanol–water partition coefficient (Wildman–Crippen LogP) is 6.71. The summed E-state index contributed by atoms with van der Waals surface area (Å²) in [4.78, 5) is 36.8. The lowest BCUT2D eigenvalue weighted by atomic mass is 10.0. The molecule has 0 fully saturated rings. The minimum absolute atomic E-state index is 0.0578. The average molecular weight is 561 g/mol. The number of halogens is 1. The monoisotopic (exact) mass is 560 g/mol. The summed E-state index contributed by atoms with van der Waals surface area (Å²) in [5, 5.41) is 14.1. The molecule has 8 nitrogen and oxygen atoms in total. The number of non-ortho nitro benzene ring substituents is 1. The van der Waals surface area contributed by atoms with Gasteiger partial charge in [0.25, 0.3) is 11.6 Å². The van der Waals surface area contributed by atoms with Crippen molar-refractivity contribution in [1.29, 1.82) is 0 Å². The first-order valence-electron chi connectivity index (χ1n) is 10.9. The lowest BCUT2D eigenvalue weighted by Gasteiger charge is -2.12. The number of hydrogen-bond acceptors (Lipinski definition) is 7. The van der Waals surface area contributed by atoms with Crippen LogP contribution in [0, 0.1) is 17.0 Å². The fourth-order valence-corrected chi connectivity index (χ4v) is 5.02. The molecule has 3 rings (SSSR count). The number of rotatable bonds is 9. The predicted molar refractivity (Wildman–Crippen MR) is 139 cm³/mol. The number of aryl methyl sites for hydroxylation is 1.